The molecule has 0 saturated heterocycles. The Morgan fingerprint density at radius 2 is 1.95 bits per heavy atom. The first kappa shape index (κ1) is 13.1. The van der Waals surface area contributed by atoms with E-state index in [0.717, 1.165) is 18.8 Å². The van der Waals surface area contributed by atoms with Crippen LogP contribution in [-0.4, -0.2) is 23.1 Å². The van der Waals surface area contributed by atoms with Gasteiger partial charge in [-0.3, -0.25) is 0 Å². The van der Waals surface area contributed by atoms with E-state index in [1.54, 1.807) is 12.3 Å². The topological polar surface area (TPSA) is 49.8 Å². The predicted molar refractivity (Wildman–Crippen MR) is 79.4 cm³/mol. The van der Waals surface area contributed by atoms with Crippen molar-refractivity contribution in [2.75, 3.05) is 23.7 Å². The average molecular weight is 254 g/mol. The van der Waals surface area contributed by atoms with Gasteiger partial charge in [0.2, 0.25) is 5.95 Å². The lowest BCUT2D eigenvalue weighted by atomic mass is 10.1. The Balaban J connectivity index is 1.84. The summed E-state index contributed by atoms with van der Waals surface area (Å²) in [6.45, 7) is 5.16. The molecule has 2 rings (SSSR count). The number of hydrogen-bond acceptors (Lipinski definition) is 4. The quantitative estimate of drug-likeness (QED) is 0.746. The standard InChI is InChI=1S/C15H18N4/c1-2-10-17-15-18-12-9-14(19-15)16-11-8-13-6-4-3-5-7-13/h2-7,9,12H,1,8,10-11H2,(H2,16,17,18,19). The van der Waals surface area contributed by atoms with Crippen molar-refractivity contribution in [2.45, 2.75) is 6.42 Å². The summed E-state index contributed by atoms with van der Waals surface area (Å²) in [5.74, 6) is 1.45. The molecule has 0 spiro atoms. The van der Waals surface area contributed by atoms with Crippen LogP contribution in [0.1, 0.15) is 5.56 Å². The lowest BCUT2D eigenvalue weighted by Crippen LogP contribution is -2.09. The van der Waals surface area contributed by atoms with Gasteiger partial charge in [0, 0.05) is 19.3 Å². The van der Waals surface area contributed by atoms with Gasteiger partial charge in [0.1, 0.15) is 5.82 Å². The van der Waals surface area contributed by atoms with Crippen LogP contribution in [0.25, 0.3) is 0 Å². The maximum atomic E-state index is 4.36. The molecule has 0 atom stereocenters. The van der Waals surface area contributed by atoms with E-state index in [2.05, 4.69) is 51.4 Å². The fourth-order valence-electron chi connectivity index (χ4n) is 1.69. The molecule has 0 bridgehead atoms. The van der Waals surface area contributed by atoms with Crippen molar-refractivity contribution in [3.8, 4) is 0 Å². The first-order valence-corrected chi connectivity index (χ1v) is 6.34. The molecule has 98 valence electrons. The third-order valence-corrected chi connectivity index (χ3v) is 2.62. The smallest absolute Gasteiger partial charge is 0.224 e. The molecule has 1 aromatic carbocycles. The molecule has 1 aromatic heterocycles. The van der Waals surface area contributed by atoms with Crippen LogP contribution in [0.3, 0.4) is 0 Å². The van der Waals surface area contributed by atoms with Gasteiger partial charge in [0.05, 0.1) is 0 Å². The van der Waals surface area contributed by atoms with E-state index in [1.165, 1.54) is 5.56 Å². The molecule has 19 heavy (non-hydrogen) atoms. The SMILES string of the molecule is C=CCNc1nccc(NCCc2ccccc2)n1. The molecule has 1 heterocycles. The number of nitrogens with zero attached hydrogens (tertiary/aromatic N) is 2. The largest absolute Gasteiger partial charge is 0.370 e. The Morgan fingerprint density at radius 3 is 2.74 bits per heavy atom. The number of rotatable bonds is 7. The molecule has 0 fully saturated rings. The van der Waals surface area contributed by atoms with Crippen LogP contribution in [-0.2, 0) is 6.42 Å². The second kappa shape index (κ2) is 7.16. The van der Waals surface area contributed by atoms with E-state index in [-0.39, 0.29) is 0 Å². The van der Waals surface area contributed by atoms with Gasteiger partial charge < -0.3 is 10.6 Å². The van der Waals surface area contributed by atoms with Crippen LogP contribution in [0.2, 0.25) is 0 Å². The number of anilines is 2. The lowest BCUT2D eigenvalue weighted by Gasteiger charge is -2.07. The minimum atomic E-state index is 0.615. The van der Waals surface area contributed by atoms with E-state index in [4.69, 9.17) is 0 Å². The number of aromatic nitrogens is 2. The van der Waals surface area contributed by atoms with Crippen molar-refractivity contribution in [2.24, 2.45) is 0 Å². The predicted octanol–water partition coefficient (Wildman–Crippen LogP) is 2.73. The van der Waals surface area contributed by atoms with Crippen LogP contribution in [0, 0.1) is 0 Å². The number of benzene rings is 1. The molecule has 0 aliphatic rings. The first-order valence-electron chi connectivity index (χ1n) is 6.34. The van der Waals surface area contributed by atoms with Crippen LogP contribution in [0.4, 0.5) is 11.8 Å². The summed E-state index contributed by atoms with van der Waals surface area (Å²) in [5, 5.41) is 6.36. The molecule has 0 aliphatic heterocycles. The third-order valence-electron chi connectivity index (χ3n) is 2.62. The molecule has 0 unspecified atom stereocenters. The Bertz CT molecular complexity index is 511. The van der Waals surface area contributed by atoms with Crippen molar-refractivity contribution in [3.63, 3.8) is 0 Å². The van der Waals surface area contributed by atoms with Gasteiger partial charge in [-0.1, -0.05) is 36.4 Å². The van der Waals surface area contributed by atoms with Crippen LogP contribution in [0.15, 0.2) is 55.3 Å². The minimum Gasteiger partial charge on any atom is -0.370 e. The lowest BCUT2D eigenvalue weighted by molar-refractivity contribution is 0.998. The normalized spacial score (nSPS) is 9.89. The van der Waals surface area contributed by atoms with Gasteiger partial charge >= 0.3 is 0 Å². The van der Waals surface area contributed by atoms with Crippen molar-refractivity contribution >= 4 is 11.8 Å². The summed E-state index contributed by atoms with van der Waals surface area (Å²) in [7, 11) is 0. The zero-order valence-electron chi connectivity index (χ0n) is 10.8. The van der Waals surface area contributed by atoms with E-state index in [9.17, 15) is 0 Å². The maximum Gasteiger partial charge on any atom is 0.224 e. The Labute approximate surface area is 113 Å². The summed E-state index contributed by atoms with van der Waals surface area (Å²) >= 11 is 0. The summed E-state index contributed by atoms with van der Waals surface area (Å²) < 4.78 is 0. The molecule has 0 saturated carbocycles. The van der Waals surface area contributed by atoms with E-state index in [1.807, 2.05) is 12.1 Å². The van der Waals surface area contributed by atoms with Crippen molar-refractivity contribution in [3.05, 3.63) is 60.8 Å². The zero-order chi connectivity index (χ0) is 13.3. The second-order valence-corrected chi connectivity index (χ2v) is 4.10. The maximum absolute atomic E-state index is 4.36. The summed E-state index contributed by atoms with van der Waals surface area (Å²) in [5.41, 5.74) is 1.31. The number of nitrogens with one attached hydrogen (secondary N) is 2. The van der Waals surface area contributed by atoms with Crippen molar-refractivity contribution in [1.82, 2.24) is 9.97 Å². The summed E-state index contributed by atoms with van der Waals surface area (Å²) in [6, 6.07) is 12.2. The number of hydrogen-bond donors (Lipinski definition) is 2. The van der Waals surface area contributed by atoms with Gasteiger partial charge in [-0.2, -0.15) is 4.98 Å². The Hall–Kier alpha value is -2.36. The molecule has 4 nitrogen and oxygen atoms in total. The molecule has 0 radical (unpaired) electrons. The molecule has 2 aromatic rings. The highest BCUT2D eigenvalue weighted by atomic mass is 15.1. The Morgan fingerprint density at radius 1 is 1.11 bits per heavy atom. The van der Waals surface area contributed by atoms with Crippen LogP contribution >= 0.6 is 0 Å². The van der Waals surface area contributed by atoms with Crippen molar-refractivity contribution in [1.29, 1.82) is 0 Å². The van der Waals surface area contributed by atoms with E-state index < -0.39 is 0 Å². The van der Waals surface area contributed by atoms with E-state index in [0.29, 0.717) is 12.5 Å². The van der Waals surface area contributed by atoms with Crippen molar-refractivity contribution < 1.29 is 0 Å². The van der Waals surface area contributed by atoms with Gasteiger partial charge in [-0.05, 0) is 18.1 Å². The van der Waals surface area contributed by atoms with E-state index >= 15 is 0 Å². The minimum absolute atomic E-state index is 0.615. The van der Waals surface area contributed by atoms with Crippen LogP contribution < -0.4 is 10.6 Å². The van der Waals surface area contributed by atoms with Gasteiger partial charge in [-0.25, -0.2) is 4.98 Å². The zero-order valence-corrected chi connectivity index (χ0v) is 10.8. The monoisotopic (exact) mass is 254 g/mol. The second-order valence-electron chi connectivity index (χ2n) is 4.10. The first-order chi connectivity index (χ1) is 9.38. The summed E-state index contributed by atoms with van der Waals surface area (Å²) in [4.78, 5) is 8.49. The average Bonchev–Trinajstić information content (AvgIpc) is 2.47. The molecule has 0 aliphatic carbocycles. The highest BCUT2D eigenvalue weighted by Gasteiger charge is 1.97. The van der Waals surface area contributed by atoms with Gasteiger partial charge in [0.15, 0.2) is 0 Å². The van der Waals surface area contributed by atoms with Gasteiger partial charge in [0.25, 0.3) is 0 Å². The fraction of sp³-hybridized carbons (Fsp3) is 0.200. The molecular formula is C15H18N4. The Kier molecular flexibility index (Phi) is 4.93. The molecule has 0 amide bonds. The van der Waals surface area contributed by atoms with Crippen LogP contribution in [0.5, 0.6) is 0 Å². The molecule has 2 N–H and O–H groups in total. The van der Waals surface area contributed by atoms with Gasteiger partial charge in [-0.15, -0.1) is 6.58 Å². The third kappa shape index (κ3) is 4.43. The highest BCUT2D eigenvalue weighted by Crippen LogP contribution is 2.06. The molecular weight excluding hydrogens is 236 g/mol. The molecule has 4 heteroatoms. The highest BCUT2D eigenvalue weighted by molar-refractivity contribution is 5.39. The summed E-state index contributed by atoms with van der Waals surface area (Å²) in [6.07, 6.45) is 4.49. The fourth-order valence-corrected chi connectivity index (χ4v) is 1.69.